The van der Waals surface area contributed by atoms with E-state index in [2.05, 4.69) is 17.2 Å². The van der Waals surface area contributed by atoms with Gasteiger partial charge in [0.15, 0.2) is 0 Å². The lowest BCUT2D eigenvalue weighted by Gasteiger charge is -2.19. The second kappa shape index (κ2) is 8.19. The minimum atomic E-state index is -0.555. The van der Waals surface area contributed by atoms with E-state index in [0.29, 0.717) is 28.5 Å². The molecule has 2 rings (SSSR count). The van der Waals surface area contributed by atoms with Gasteiger partial charge in [-0.1, -0.05) is 23.3 Å². The number of allylic oxidation sites excluding steroid dienone is 1. The van der Waals surface area contributed by atoms with E-state index >= 15 is 0 Å². The third-order valence-corrected chi connectivity index (χ3v) is 4.37. The summed E-state index contributed by atoms with van der Waals surface area (Å²) in [7, 11) is 0. The largest absolute Gasteiger partial charge is 0.373 e. The van der Waals surface area contributed by atoms with Crippen LogP contribution in [0, 0.1) is 0 Å². The molecular weight excluding hydrogens is 354 g/mol. The Labute approximate surface area is 157 Å². The molecule has 6 nitrogen and oxygen atoms in total. The van der Waals surface area contributed by atoms with Gasteiger partial charge in [-0.05, 0) is 39.0 Å². The number of imide groups is 1. The molecule has 26 heavy (non-hydrogen) atoms. The van der Waals surface area contributed by atoms with Gasteiger partial charge < -0.3 is 10.6 Å². The van der Waals surface area contributed by atoms with Crippen molar-refractivity contribution in [2.75, 3.05) is 16.8 Å². The van der Waals surface area contributed by atoms with Gasteiger partial charge in [0.05, 0.1) is 22.8 Å². The van der Waals surface area contributed by atoms with Crippen molar-refractivity contribution >= 4 is 40.7 Å². The van der Waals surface area contributed by atoms with E-state index in [1.165, 1.54) is 0 Å². The van der Waals surface area contributed by atoms with Gasteiger partial charge in [-0.25, -0.2) is 4.90 Å². The molecule has 1 aliphatic heterocycles. The van der Waals surface area contributed by atoms with Crippen molar-refractivity contribution in [2.24, 2.45) is 0 Å². The maximum absolute atomic E-state index is 12.5. The Morgan fingerprint density at radius 3 is 2.65 bits per heavy atom. The normalized spacial score (nSPS) is 15.1. The van der Waals surface area contributed by atoms with Crippen molar-refractivity contribution < 1.29 is 14.4 Å². The van der Waals surface area contributed by atoms with Crippen LogP contribution in [0.15, 0.2) is 42.0 Å². The van der Waals surface area contributed by atoms with Gasteiger partial charge in [0.25, 0.3) is 5.91 Å². The van der Waals surface area contributed by atoms with E-state index in [9.17, 15) is 14.4 Å². The molecule has 1 unspecified atom stereocenters. The molecule has 1 aromatic carbocycles. The van der Waals surface area contributed by atoms with E-state index in [1.807, 2.05) is 13.8 Å². The molecule has 0 spiro atoms. The Hall–Kier alpha value is -2.60. The number of nitrogens with zero attached hydrogens (tertiary/aromatic N) is 1. The number of nitrogens with one attached hydrogen (secondary N) is 2. The van der Waals surface area contributed by atoms with Crippen LogP contribution in [0.3, 0.4) is 0 Å². The third-order valence-electron chi connectivity index (χ3n) is 4.04. The quantitative estimate of drug-likeness (QED) is 0.455. The molecule has 0 radical (unpaired) electrons. The van der Waals surface area contributed by atoms with Crippen molar-refractivity contribution in [1.29, 1.82) is 0 Å². The van der Waals surface area contributed by atoms with Crippen LogP contribution < -0.4 is 15.5 Å². The second-order valence-corrected chi connectivity index (χ2v) is 6.66. The highest BCUT2D eigenvalue weighted by Gasteiger charge is 2.35. The molecule has 138 valence electrons. The molecule has 1 saturated heterocycles. The molecule has 1 aromatic rings. The summed E-state index contributed by atoms with van der Waals surface area (Å²) in [6.45, 7) is 9.22. The Morgan fingerprint density at radius 2 is 2.08 bits per heavy atom. The molecule has 3 amide bonds. The first-order valence-electron chi connectivity index (χ1n) is 8.24. The average Bonchev–Trinajstić information content (AvgIpc) is 2.89. The summed E-state index contributed by atoms with van der Waals surface area (Å²) >= 11 is 6.20. The van der Waals surface area contributed by atoms with Crippen LogP contribution in [0.25, 0.3) is 0 Å². The lowest BCUT2D eigenvalue weighted by atomic mass is 10.1. The molecule has 1 atom stereocenters. The Morgan fingerprint density at radius 1 is 1.38 bits per heavy atom. The fourth-order valence-corrected chi connectivity index (χ4v) is 2.77. The summed E-state index contributed by atoms with van der Waals surface area (Å²) in [6, 6.07) is 4.25. The molecule has 7 heteroatoms. The summed E-state index contributed by atoms with van der Waals surface area (Å²) in [5, 5.41) is 6.08. The molecular formula is C19H22ClN3O3. The van der Waals surface area contributed by atoms with Gasteiger partial charge in [-0.3, -0.25) is 14.4 Å². The molecule has 0 bridgehead atoms. The average molecular weight is 376 g/mol. The van der Waals surface area contributed by atoms with Gasteiger partial charge in [-0.15, -0.1) is 6.58 Å². The molecule has 2 N–H and O–H groups in total. The van der Waals surface area contributed by atoms with Gasteiger partial charge in [0, 0.05) is 12.1 Å². The topological polar surface area (TPSA) is 78.5 Å². The third kappa shape index (κ3) is 4.14. The molecule has 0 aromatic heterocycles. The first-order chi connectivity index (χ1) is 12.3. The van der Waals surface area contributed by atoms with E-state index in [-0.39, 0.29) is 24.1 Å². The van der Waals surface area contributed by atoms with Crippen LogP contribution in [0.4, 0.5) is 11.4 Å². The van der Waals surface area contributed by atoms with Crippen molar-refractivity contribution in [3.05, 3.63) is 47.0 Å². The van der Waals surface area contributed by atoms with Crippen LogP contribution in [-0.4, -0.2) is 30.3 Å². The van der Waals surface area contributed by atoms with Gasteiger partial charge in [0.1, 0.15) is 6.04 Å². The highest BCUT2D eigenvalue weighted by molar-refractivity contribution is 6.34. The predicted octanol–water partition coefficient (Wildman–Crippen LogP) is 3.04. The Balaban J connectivity index is 2.26. The van der Waals surface area contributed by atoms with Gasteiger partial charge >= 0.3 is 0 Å². The Kier molecular flexibility index (Phi) is 6.21. The van der Waals surface area contributed by atoms with Gasteiger partial charge in [-0.2, -0.15) is 0 Å². The van der Waals surface area contributed by atoms with E-state index in [1.54, 1.807) is 31.2 Å². The highest BCUT2D eigenvalue weighted by Crippen LogP contribution is 2.33. The number of carbonyl (C=O) groups excluding carboxylic acids is 3. The summed E-state index contributed by atoms with van der Waals surface area (Å²) in [6.07, 6.45) is 1.68. The number of amides is 3. The standard InChI is InChI=1S/C19H22ClN3O3/c1-5-8-21-18(25)12(4)22-16-9-13(6-7-15(16)20)23-17(24)10-14(11(2)3)19(23)26/h5-7,9,12,22H,1,8,10H2,2-4H3,(H,21,25). The highest BCUT2D eigenvalue weighted by atomic mass is 35.5. The van der Waals surface area contributed by atoms with Gasteiger partial charge in [0.2, 0.25) is 11.8 Å². The molecule has 1 aliphatic rings. The minimum absolute atomic E-state index is 0.0902. The molecule has 0 saturated carbocycles. The fraction of sp³-hybridized carbons (Fsp3) is 0.316. The van der Waals surface area contributed by atoms with Crippen molar-refractivity contribution in [1.82, 2.24) is 5.32 Å². The lowest BCUT2D eigenvalue weighted by Crippen LogP contribution is -2.37. The maximum atomic E-state index is 12.5. The van der Waals surface area contributed by atoms with Crippen LogP contribution in [-0.2, 0) is 14.4 Å². The van der Waals surface area contributed by atoms with Crippen LogP contribution >= 0.6 is 11.6 Å². The minimum Gasteiger partial charge on any atom is -0.373 e. The monoisotopic (exact) mass is 375 g/mol. The molecule has 1 fully saturated rings. The number of anilines is 2. The zero-order chi connectivity index (χ0) is 19.4. The summed E-state index contributed by atoms with van der Waals surface area (Å²) in [5.41, 5.74) is 2.22. The maximum Gasteiger partial charge on any atom is 0.261 e. The zero-order valence-corrected chi connectivity index (χ0v) is 15.8. The van der Waals surface area contributed by atoms with Crippen LogP contribution in [0.1, 0.15) is 27.2 Å². The first-order valence-corrected chi connectivity index (χ1v) is 8.62. The smallest absolute Gasteiger partial charge is 0.261 e. The first kappa shape index (κ1) is 19.7. The number of halogens is 1. The van der Waals surface area contributed by atoms with Crippen LogP contribution in [0.5, 0.6) is 0 Å². The second-order valence-electron chi connectivity index (χ2n) is 6.25. The van der Waals surface area contributed by atoms with E-state index < -0.39 is 6.04 Å². The number of hydrogen-bond acceptors (Lipinski definition) is 4. The van der Waals surface area contributed by atoms with Crippen molar-refractivity contribution in [2.45, 2.75) is 33.2 Å². The number of rotatable bonds is 6. The summed E-state index contributed by atoms with van der Waals surface area (Å²) in [4.78, 5) is 37.9. The van der Waals surface area contributed by atoms with E-state index in [4.69, 9.17) is 11.6 Å². The SMILES string of the molecule is C=CCNC(=O)C(C)Nc1cc(N2C(=O)CC(=C(C)C)C2=O)ccc1Cl. The predicted molar refractivity (Wildman–Crippen MR) is 103 cm³/mol. The van der Waals surface area contributed by atoms with Crippen molar-refractivity contribution in [3.8, 4) is 0 Å². The number of benzene rings is 1. The summed E-state index contributed by atoms with van der Waals surface area (Å²) in [5.74, 6) is -0.817. The Bertz CT molecular complexity index is 797. The fourth-order valence-electron chi connectivity index (χ4n) is 2.59. The molecule has 0 aliphatic carbocycles. The zero-order valence-electron chi connectivity index (χ0n) is 15.1. The summed E-state index contributed by atoms with van der Waals surface area (Å²) < 4.78 is 0. The van der Waals surface area contributed by atoms with Crippen molar-refractivity contribution in [3.63, 3.8) is 0 Å². The lowest BCUT2D eigenvalue weighted by molar-refractivity contribution is -0.122. The van der Waals surface area contributed by atoms with Crippen LogP contribution in [0.2, 0.25) is 5.02 Å². The number of hydrogen-bond donors (Lipinski definition) is 2. The van der Waals surface area contributed by atoms with E-state index in [0.717, 1.165) is 10.5 Å². The molecule has 1 heterocycles. The number of carbonyl (C=O) groups is 3.